The zero-order valence-corrected chi connectivity index (χ0v) is 22.0. The molecule has 0 saturated carbocycles. The predicted molar refractivity (Wildman–Crippen MR) is 129 cm³/mol. The second-order valence-corrected chi connectivity index (χ2v) is 12.5. The lowest BCUT2D eigenvalue weighted by Gasteiger charge is -2.29. The van der Waals surface area contributed by atoms with Crippen LogP contribution in [0, 0.1) is 0 Å². The molecule has 0 aliphatic carbocycles. The van der Waals surface area contributed by atoms with Gasteiger partial charge in [0.25, 0.3) is 0 Å². The summed E-state index contributed by atoms with van der Waals surface area (Å²) in [7, 11) is -2.13. The van der Waals surface area contributed by atoms with Crippen LogP contribution in [-0.4, -0.2) is 33.4 Å². The molecule has 0 aromatic carbocycles. The fourth-order valence-corrected chi connectivity index (χ4v) is 5.15. The van der Waals surface area contributed by atoms with Gasteiger partial charge in [0.05, 0.1) is 0 Å². The maximum Gasteiger partial charge on any atom is 0.333 e. The van der Waals surface area contributed by atoms with Gasteiger partial charge in [-0.15, -0.1) is 0 Å². The van der Waals surface area contributed by atoms with E-state index in [4.69, 9.17) is 13.6 Å². The van der Waals surface area contributed by atoms with E-state index in [9.17, 15) is 0 Å². The van der Waals surface area contributed by atoms with E-state index in [1.807, 2.05) is 0 Å². The molecule has 0 aliphatic heterocycles. The first-order valence-corrected chi connectivity index (χ1v) is 16.0. The lowest BCUT2D eigenvalue weighted by molar-refractivity contribution is -0.104. The average Bonchev–Trinajstić information content (AvgIpc) is 2.66. The predicted octanol–water partition coefficient (Wildman–Crippen LogP) is 8.35. The molecule has 0 rings (SSSR count). The van der Waals surface area contributed by atoms with E-state index in [0.717, 1.165) is 37.8 Å². The van der Waals surface area contributed by atoms with Gasteiger partial charge in [-0.05, 0) is 45.2 Å². The fraction of sp³-hybridized carbons (Fsp3) is 1.00. The van der Waals surface area contributed by atoms with Crippen molar-refractivity contribution in [3.63, 3.8) is 0 Å². The molecule has 28 heavy (non-hydrogen) atoms. The Morgan fingerprint density at radius 3 is 1.82 bits per heavy atom. The Bertz CT molecular complexity index is 316. The Kier molecular flexibility index (Phi) is 21.3. The van der Waals surface area contributed by atoms with E-state index in [0.29, 0.717) is 0 Å². The van der Waals surface area contributed by atoms with E-state index in [2.05, 4.69) is 42.9 Å². The van der Waals surface area contributed by atoms with Crippen molar-refractivity contribution in [2.45, 2.75) is 130 Å². The summed E-state index contributed by atoms with van der Waals surface area (Å²) in [4.78, 5) is 0. The van der Waals surface area contributed by atoms with Gasteiger partial charge in [0, 0.05) is 18.5 Å². The van der Waals surface area contributed by atoms with E-state index in [-0.39, 0.29) is 6.29 Å². The van der Waals surface area contributed by atoms with Crippen molar-refractivity contribution in [1.82, 2.24) is 0 Å². The largest absolute Gasteiger partial charge is 0.394 e. The third-order valence-electron chi connectivity index (χ3n) is 4.99. The van der Waals surface area contributed by atoms with Gasteiger partial charge in [-0.3, -0.25) is 0 Å². The molecule has 3 nitrogen and oxygen atoms in total. The maximum absolute atomic E-state index is 6.39. The highest BCUT2D eigenvalue weighted by Gasteiger charge is 2.29. The minimum atomic E-state index is -2.13. The van der Waals surface area contributed by atoms with Crippen molar-refractivity contribution < 1.29 is 13.6 Å². The smallest absolute Gasteiger partial charge is 0.333 e. The molecule has 0 saturated heterocycles. The molecule has 0 aromatic heterocycles. The number of rotatable bonds is 22. The van der Waals surface area contributed by atoms with Crippen LogP contribution < -0.4 is 0 Å². The van der Waals surface area contributed by atoms with Crippen LogP contribution in [0.25, 0.3) is 0 Å². The van der Waals surface area contributed by atoms with E-state index in [1.165, 1.54) is 77.0 Å². The minimum Gasteiger partial charge on any atom is -0.394 e. The quantitative estimate of drug-likeness (QED) is 0.0673. The molecule has 0 N–H and O–H groups in total. The van der Waals surface area contributed by atoms with E-state index in [1.54, 1.807) is 0 Å². The molecule has 5 heteroatoms. The molecule has 0 heterocycles. The second-order valence-electron chi connectivity index (χ2n) is 8.39. The lowest BCUT2D eigenvalue weighted by Crippen LogP contribution is -2.40. The molecule has 0 aliphatic rings. The number of alkyl halides is 1. The molecule has 1 unspecified atom stereocenters. The first-order valence-electron chi connectivity index (χ1n) is 12.0. The van der Waals surface area contributed by atoms with Crippen LogP contribution in [0.2, 0.25) is 13.1 Å². The molecule has 0 fully saturated rings. The summed E-state index contributed by atoms with van der Waals surface area (Å²) in [5, 5.41) is 1.10. The van der Waals surface area contributed by atoms with Crippen LogP contribution in [0.1, 0.15) is 110 Å². The monoisotopic (exact) mass is 480 g/mol. The van der Waals surface area contributed by atoms with Gasteiger partial charge in [-0.25, -0.2) is 0 Å². The molecule has 1 atom stereocenters. The maximum atomic E-state index is 6.39. The molecular formula is C23H49BrO3Si. The summed E-state index contributed by atoms with van der Waals surface area (Å²) in [6.07, 6.45) is 18.6. The zero-order valence-electron chi connectivity index (χ0n) is 19.4. The first kappa shape index (κ1) is 28.6. The Morgan fingerprint density at radius 2 is 1.21 bits per heavy atom. The van der Waals surface area contributed by atoms with Crippen LogP contribution in [-0.2, 0) is 13.6 Å². The van der Waals surface area contributed by atoms with Crippen LogP contribution >= 0.6 is 15.9 Å². The SMILES string of the molecule is CCCCCCCOC(CCCCCCC)O[Si](C)(C)OCCCCCCBr. The third-order valence-corrected chi connectivity index (χ3v) is 7.28. The van der Waals surface area contributed by atoms with Crippen LogP contribution in [0.4, 0.5) is 0 Å². The van der Waals surface area contributed by atoms with Crippen molar-refractivity contribution in [3.8, 4) is 0 Å². The molecule has 0 spiro atoms. The second kappa shape index (κ2) is 20.8. The minimum absolute atomic E-state index is 0.0807. The van der Waals surface area contributed by atoms with Gasteiger partial charge in [-0.1, -0.05) is 94.0 Å². The summed E-state index contributed by atoms with van der Waals surface area (Å²) in [5.74, 6) is 0. The van der Waals surface area contributed by atoms with Crippen LogP contribution in [0.15, 0.2) is 0 Å². The summed E-state index contributed by atoms with van der Waals surface area (Å²) < 4.78 is 18.7. The molecule has 0 radical (unpaired) electrons. The van der Waals surface area contributed by atoms with Crippen molar-refractivity contribution in [3.05, 3.63) is 0 Å². The molecule has 0 amide bonds. The normalized spacial score (nSPS) is 13.2. The number of ether oxygens (including phenoxy) is 1. The number of halogens is 1. The zero-order chi connectivity index (χ0) is 20.9. The Labute approximate surface area is 186 Å². The Hall–Kier alpha value is 0.577. The topological polar surface area (TPSA) is 27.7 Å². The van der Waals surface area contributed by atoms with Gasteiger partial charge < -0.3 is 13.6 Å². The summed E-state index contributed by atoms with van der Waals surface area (Å²) in [5.41, 5.74) is 0. The third kappa shape index (κ3) is 19.9. The van der Waals surface area contributed by atoms with E-state index >= 15 is 0 Å². The van der Waals surface area contributed by atoms with Crippen LogP contribution in [0.3, 0.4) is 0 Å². The highest BCUT2D eigenvalue weighted by atomic mass is 79.9. The lowest BCUT2D eigenvalue weighted by atomic mass is 10.1. The van der Waals surface area contributed by atoms with Gasteiger partial charge >= 0.3 is 8.56 Å². The highest BCUT2D eigenvalue weighted by Crippen LogP contribution is 2.18. The standard InChI is InChI=1S/C23H49BrO3Si/c1-5-7-9-11-15-19-23(25-21-17-13-10-8-6-2)27-28(3,4)26-22-18-14-12-16-20-24/h23H,5-22H2,1-4H3. The average molecular weight is 482 g/mol. The summed E-state index contributed by atoms with van der Waals surface area (Å²) in [6, 6.07) is 0. The first-order chi connectivity index (χ1) is 13.6. The van der Waals surface area contributed by atoms with Gasteiger partial charge in [0.2, 0.25) is 0 Å². The van der Waals surface area contributed by atoms with Gasteiger partial charge in [0.1, 0.15) is 6.29 Å². The van der Waals surface area contributed by atoms with Gasteiger partial charge in [-0.2, -0.15) is 0 Å². The van der Waals surface area contributed by atoms with Crippen LogP contribution in [0.5, 0.6) is 0 Å². The Morgan fingerprint density at radius 1 is 0.679 bits per heavy atom. The summed E-state index contributed by atoms with van der Waals surface area (Å²) >= 11 is 3.49. The van der Waals surface area contributed by atoms with Crippen molar-refractivity contribution in [1.29, 1.82) is 0 Å². The van der Waals surface area contributed by atoms with Crippen molar-refractivity contribution in [2.24, 2.45) is 0 Å². The number of hydrogen-bond acceptors (Lipinski definition) is 3. The molecular weight excluding hydrogens is 432 g/mol. The van der Waals surface area contributed by atoms with E-state index < -0.39 is 8.56 Å². The van der Waals surface area contributed by atoms with Crippen molar-refractivity contribution in [2.75, 3.05) is 18.5 Å². The fourth-order valence-electron chi connectivity index (χ4n) is 3.23. The molecule has 170 valence electrons. The summed E-state index contributed by atoms with van der Waals surface area (Å²) in [6.45, 7) is 10.5. The Balaban J connectivity index is 4.17. The van der Waals surface area contributed by atoms with Gasteiger partial charge in [0.15, 0.2) is 0 Å². The van der Waals surface area contributed by atoms with Crippen molar-refractivity contribution >= 4 is 24.5 Å². The number of unbranched alkanes of at least 4 members (excludes halogenated alkanes) is 11. The molecule has 0 bridgehead atoms. The highest BCUT2D eigenvalue weighted by molar-refractivity contribution is 9.09. The number of hydrogen-bond donors (Lipinski definition) is 0. The molecule has 0 aromatic rings.